The number of benzene rings is 1. The van der Waals surface area contributed by atoms with Crippen LogP contribution in [0.2, 0.25) is 5.02 Å². The molecule has 4 bridgehead atoms. The minimum atomic E-state index is -0.387. The number of rotatable bonds is 7. The Morgan fingerprint density at radius 1 is 1.03 bits per heavy atom. The maximum absolute atomic E-state index is 10.5. The van der Waals surface area contributed by atoms with E-state index in [4.69, 9.17) is 16.3 Å². The monoisotopic (exact) mass is 454 g/mol. The second-order valence-corrected chi connectivity index (χ2v) is 10.8. The molecule has 1 unspecified atom stereocenters. The first kappa shape index (κ1) is 22.7. The van der Waals surface area contributed by atoms with Crippen molar-refractivity contribution in [3.05, 3.63) is 29.3 Å². The molecule has 1 aromatic rings. The van der Waals surface area contributed by atoms with Gasteiger partial charge in [-0.05, 0) is 79.9 Å². The molecule has 4 nitrogen and oxygen atoms in total. The predicted molar refractivity (Wildman–Crippen MR) is 125 cm³/mol. The SMILES string of the molecule is Cl.OC(COCC12CC3CC(CC(C3)C1)C2)CN1CCN(c2cccc(Cl)c2)CC1. The Kier molecular flexibility index (Phi) is 7.21. The van der Waals surface area contributed by atoms with Crippen LogP contribution in [-0.2, 0) is 4.74 Å². The van der Waals surface area contributed by atoms with E-state index in [2.05, 4.69) is 15.9 Å². The van der Waals surface area contributed by atoms with Gasteiger partial charge in [0.2, 0.25) is 0 Å². The zero-order chi connectivity index (χ0) is 19.8. The Morgan fingerprint density at radius 2 is 1.67 bits per heavy atom. The van der Waals surface area contributed by atoms with Crippen molar-refractivity contribution in [3.8, 4) is 0 Å². The molecule has 1 N–H and O–H groups in total. The lowest BCUT2D eigenvalue weighted by Gasteiger charge is -2.56. The van der Waals surface area contributed by atoms with E-state index in [0.29, 0.717) is 18.6 Å². The third-order valence-electron chi connectivity index (χ3n) is 7.90. The molecule has 30 heavy (non-hydrogen) atoms. The molecule has 168 valence electrons. The Labute approximate surface area is 192 Å². The first-order valence-corrected chi connectivity index (χ1v) is 11.9. The summed E-state index contributed by atoms with van der Waals surface area (Å²) in [5.41, 5.74) is 1.63. The molecule has 6 heteroatoms. The van der Waals surface area contributed by atoms with Crippen LogP contribution in [0.3, 0.4) is 0 Å². The van der Waals surface area contributed by atoms with Gasteiger partial charge in [0.1, 0.15) is 0 Å². The molecule has 0 radical (unpaired) electrons. The third-order valence-corrected chi connectivity index (χ3v) is 8.13. The first-order valence-electron chi connectivity index (χ1n) is 11.6. The second kappa shape index (κ2) is 9.54. The molecule has 1 aliphatic heterocycles. The van der Waals surface area contributed by atoms with E-state index in [1.54, 1.807) is 0 Å². The lowest BCUT2D eigenvalue weighted by atomic mass is 9.50. The van der Waals surface area contributed by atoms with Gasteiger partial charge in [-0.2, -0.15) is 0 Å². The first-order chi connectivity index (χ1) is 14.1. The number of hydrogen-bond acceptors (Lipinski definition) is 4. The number of aliphatic hydroxyl groups is 1. The fourth-order valence-corrected chi connectivity index (χ4v) is 7.27. The van der Waals surface area contributed by atoms with Crippen LogP contribution in [0.25, 0.3) is 0 Å². The second-order valence-electron chi connectivity index (χ2n) is 10.4. The summed E-state index contributed by atoms with van der Waals surface area (Å²) in [5, 5.41) is 11.3. The van der Waals surface area contributed by atoms with Gasteiger partial charge in [0.15, 0.2) is 0 Å². The van der Waals surface area contributed by atoms with Gasteiger partial charge in [0.05, 0.1) is 19.3 Å². The summed E-state index contributed by atoms with van der Waals surface area (Å²) in [6.45, 7) is 5.95. The van der Waals surface area contributed by atoms with Crippen molar-refractivity contribution < 1.29 is 9.84 Å². The highest BCUT2D eigenvalue weighted by Gasteiger charge is 2.50. The van der Waals surface area contributed by atoms with E-state index in [9.17, 15) is 5.11 Å². The molecule has 0 spiro atoms. The maximum Gasteiger partial charge on any atom is 0.0900 e. The normalized spacial score (nSPS) is 34.1. The molecule has 6 rings (SSSR count). The van der Waals surface area contributed by atoms with Crippen LogP contribution >= 0.6 is 24.0 Å². The van der Waals surface area contributed by atoms with Crippen molar-refractivity contribution >= 4 is 29.7 Å². The average Bonchev–Trinajstić information content (AvgIpc) is 2.67. The number of anilines is 1. The quantitative estimate of drug-likeness (QED) is 0.658. The van der Waals surface area contributed by atoms with Gasteiger partial charge >= 0.3 is 0 Å². The highest BCUT2D eigenvalue weighted by molar-refractivity contribution is 6.30. The van der Waals surface area contributed by atoms with Gasteiger partial charge in [-0.3, -0.25) is 4.90 Å². The molecule has 0 amide bonds. The Morgan fingerprint density at radius 3 is 2.27 bits per heavy atom. The summed E-state index contributed by atoms with van der Waals surface area (Å²) in [6.07, 6.45) is 8.16. The number of hydrogen-bond donors (Lipinski definition) is 1. The van der Waals surface area contributed by atoms with Gasteiger partial charge in [0, 0.05) is 43.4 Å². The number of β-amino-alcohol motifs (C(OH)–C–C–N with tert-alkyl or cyclic N) is 1. The summed E-state index contributed by atoms with van der Waals surface area (Å²) < 4.78 is 6.12. The van der Waals surface area contributed by atoms with Crippen LogP contribution < -0.4 is 4.90 Å². The van der Waals surface area contributed by atoms with Crippen LogP contribution in [0.15, 0.2) is 24.3 Å². The zero-order valence-electron chi connectivity index (χ0n) is 17.8. The maximum atomic E-state index is 10.5. The highest BCUT2D eigenvalue weighted by atomic mass is 35.5. The predicted octanol–water partition coefficient (Wildman–Crippen LogP) is 4.48. The lowest BCUT2D eigenvalue weighted by Crippen LogP contribution is -2.50. The minimum absolute atomic E-state index is 0. The van der Waals surface area contributed by atoms with Crippen LogP contribution in [0.5, 0.6) is 0 Å². The summed E-state index contributed by atoms with van der Waals surface area (Å²) in [6, 6.07) is 8.08. The molecule has 4 aliphatic carbocycles. The van der Waals surface area contributed by atoms with Crippen molar-refractivity contribution in [1.29, 1.82) is 0 Å². The third kappa shape index (κ3) is 5.10. The molecule has 0 aromatic heterocycles. The zero-order valence-corrected chi connectivity index (χ0v) is 19.4. The molecular weight excluding hydrogens is 419 g/mol. The average molecular weight is 455 g/mol. The van der Waals surface area contributed by atoms with Crippen molar-refractivity contribution in [3.63, 3.8) is 0 Å². The fourth-order valence-electron chi connectivity index (χ4n) is 7.09. The van der Waals surface area contributed by atoms with Crippen molar-refractivity contribution in [2.75, 3.05) is 50.8 Å². The molecule has 5 fully saturated rings. The molecule has 5 aliphatic rings. The number of halogens is 2. The van der Waals surface area contributed by atoms with E-state index in [1.165, 1.54) is 44.2 Å². The van der Waals surface area contributed by atoms with E-state index < -0.39 is 0 Å². The van der Waals surface area contributed by atoms with Crippen molar-refractivity contribution in [2.24, 2.45) is 23.2 Å². The van der Waals surface area contributed by atoms with Gasteiger partial charge < -0.3 is 14.7 Å². The highest BCUT2D eigenvalue weighted by Crippen LogP contribution is 2.60. The fraction of sp³-hybridized carbons (Fsp3) is 0.750. The lowest BCUT2D eigenvalue weighted by molar-refractivity contribution is -0.107. The molecule has 4 saturated carbocycles. The summed E-state index contributed by atoms with van der Waals surface area (Å²) in [5.74, 6) is 2.89. The van der Waals surface area contributed by atoms with Crippen molar-refractivity contribution in [2.45, 2.75) is 44.6 Å². The standard InChI is InChI=1S/C24H35ClN2O2.ClH/c25-21-2-1-3-22(11-21)27-6-4-26(5-7-27)15-23(28)16-29-17-24-12-18-8-19(13-24)10-20(9-18)14-24;/h1-3,11,18-20,23,28H,4-10,12-17H2;1H. The Bertz CT molecular complexity index is 673. The van der Waals surface area contributed by atoms with Crippen molar-refractivity contribution in [1.82, 2.24) is 4.90 Å². The topological polar surface area (TPSA) is 35.9 Å². The van der Waals surface area contributed by atoms with E-state index in [-0.39, 0.29) is 18.5 Å². The number of ether oxygens (including phenoxy) is 1. The van der Waals surface area contributed by atoms with Crippen LogP contribution in [0, 0.1) is 23.2 Å². The smallest absolute Gasteiger partial charge is 0.0900 e. The van der Waals surface area contributed by atoms with E-state index in [1.807, 2.05) is 18.2 Å². The molecule has 1 atom stereocenters. The molecule has 1 aromatic carbocycles. The van der Waals surface area contributed by atoms with Gasteiger partial charge in [0.25, 0.3) is 0 Å². The van der Waals surface area contributed by atoms with E-state index >= 15 is 0 Å². The number of piperazine rings is 1. The van der Waals surface area contributed by atoms with Gasteiger partial charge in [-0.25, -0.2) is 0 Å². The number of aliphatic hydroxyl groups excluding tert-OH is 1. The van der Waals surface area contributed by atoms with E-state index in [0.717, 1.165) is 55.6 Å². The van der Waals surface area contributed by atoms with Gasteiger partial charge in [-0.15, -0.1) is 12.4 Å². The largest absolute Gasteiger partial charge is 0.389 e. The summed E-state index contributed by atoms with van der Waals surface area (Å²) in [7, 11) is 0. The molecule has 1 saturated heterocycles. The molecular formula is C24H36Cl2N2O2. The Hall–Kier alpha value is -0.520. The van der Waals surface area contributed by atoms with Crippen LogP contribution in [0.1, 0.15) is 38.5 Å². The van der Waals surface area contributed by atoms with Gasteiger partial charge in [-0.1, -0.05) is 17.7 Å². The summed E-state index contributed by atoms with van der Waals surface area (Å²) in [4.78, 5) is 4.73. The van der Waals surface area contributed by atoms with Crippen LogP contribution in [0.4, 0.5) is 5.69 Å². The molecule has 1 heterocycles. The number of nitrogens with zero attached hydrogens (tertiary/aromatic N) is 2. The summed E-state index contributed by atoms with van der Waals surface area (Å²) >= 11 is 6.12. The minimum Gasteiger partial charge on any atom is -0.389 e. The van der Waals surface area contributed by atoms with Crippen LogP contribution in [-0.4, -0.2) is 62.0 Å². The Balaban J connectivity index is 0.00000218.